The van der Waals surface area contributed by atoms with Crippen molar-refractivity contribution in [3.63, 3.8) is 0 Å². The Bertz CT molecular complexity index is 319. The first-order valence-electron chi connectivity index (χ1n) is 5.03. The normalized spacial score (nSPS) is 14.5. The van der Waals surface area contributed by atoms with Crippen LogP contribution in [0.2, 0.25) is 0 Å². The van der Waals surface area contributed by atoms with Crippen LogP contribution in [0.25, 0.3) is 0 Å². The number of anilines is 2. The maximum atomic E-state index is 13.0. The van der Waals surface area contributed by atoms with Crippen LogP contribution in [-0.4, -0.2) is 0 Å². The second-order valence-corrected chi connectivity index (χ2v) is 3.28. The van der Waals surface area contributed by atoms with Crippen molar-refractivity contribution >= 4 is 11.4 Å². The minimum absolute atomic E-state index is 0.136. The highest BCUT2D eigenvalue weighted by atomic mass is 19.1. The van der Waals surface area contributed by atoms with Crippen molar-refractivity contribution in [1.29, 1.82) is 0 Å². The van der Waals surface area contributed by atoms with Crippen LogP contribution in [-0.2, 0) is 0 Å². The lowest BCUT2D eigenvalue weighted by molar-refractivity contribution is 0.630. The fraction of sp³-hybridized carbons (Fsp3) is 0.455. The molecule has 0 saturated heterocycles. The lowest BCUT2D eigenvalue weighted by Crippen LogP contribution is -1.98. The molecule has 14 heavy (non-hydrogen) atoms. The maximum Gasteiger partial charge on any atom is 0.146 e. The lowest BCUT2D eigenvalue weighted by atomic mass is 10.1. The van der Waals surface area contributed by atoms with E-state index in [1.165, 1.54) is 12.1 Å². The molecule has 2 rings (SSSR count). The van der Waals surface area contributed by atoms with Gasteiger partial charge in [0.05, 0.1) is 5.69 Å². The van der Waals surface area contributed by atoms with E-state index in [1.54, 1.807) is 0 Å². The molecule has 4 N–H and O–H groups in total. The molecule has 1 fully saturated rings. The molecule has 0 radical (unpaired) electrons. The summed E-state index contributed by atoms with van der Waals surface area (Å²) in [5, 5.41) is 0. The number of nitrogens with two attached hydrogens (primary N) is 2. The van der Waals surface area contributed by atoms with Gasteiger partial charge in [0.1, 0.15) is 5.82 Å². The summed E-state index contributed by atoms with van der Waals surface area (Å²) < 4.78 is 13.0. The standard InChI is InChI=1S/C9H11FN2.C2H6/c10-7-3-6(5-1-2-5)8(11)4-9(7)12;1-2/h3-5H,1-2,11-12H2;1-2H3. The number of hydrogen-bond acceptors (Lipinski definition) is 2. The molecule has 0 amide bonds. The molecule has 0 aliphatic heterocycles. The summed E-state index contributed by atoms with van der Waals surface area (Å²) in [5.74, 6) is 0.117. The van der Waals surface area contributed by atoms with Gasteiger partial charge in [-0.2, -0.15) is 0 Å². The zero-order valence-electron chi connectivity index (χ0n) is 8.68. The fourth-order valence-corrected chi connectivity index (χ4v) is 1.37. The first-order chi connectivity index (χ1) is 6.68. The monoisotopic (exact) mass is 196 g/mol. The van der Waals surface area contributed by atoms with E-state index in [1.807, 2.05) is 13.8 Å². The molecule has 1 aliphatic carbocycles. The molecule has 0 spiro atoms. The smallest absolute Gasteiger partial charge is 0.146 e. The van der Waals surface area contributed by atoms with Crippen molar-refractivity contribution in [2.45, 2.75) is 32.6 Å². The van der Waals surface area contributed by atoms with Crippen LogP contribution in [0.5, 0.6) is 0 Å². The van der Waals surface area contributed by atoms with E-state index in [4.69, 9.17) is 11.5 Å². The highest BCUT2D eigenvalue weighted by molar-refractivity contribution is 5.59. The molecule has 0 heterocycles. The zero-order chi connectivity index (χ0) is 10.7. The van der Waals surface area contributed by atoms with Crippen LogP contribution in [0.15, 0.2) is 12.1 Å². The first kappa shape index (κ1) is 10.8. The van der Waals surface area contributed by atoms with Gasteiger partial charge in [0.15, 0.2) is 0 Å². The van der Waals surface area contributed by atoms with E-state index in [-0.39, 0.29) is 11.5 Å². The summed E-state index contributed by atoms with van der Waals surface area (Å²) in [4.78, 5) is 0. The van der Waals surface area contributed by atoms with Gasteiger partial charge in [-0.25, -0.2) is 4.39 Å². The van der Waals surface area contributed by atoms with Crippen molar-refractivity contribution in [3.8, 4) is 0 Å². The molecule has 1 saturated carbocycles. The highest BCUT2D eigenvalue weighted by Crippen LogP contribution is 2.43. The van der Waals surface area contributed by atoms with Crippen molar-refractivity contribution in [1.82, 2.24) is 0 Å². The van der Waals surface area contributed by atoms with Crippen molar-refractivity contribution in [3.05, 3.63) is 23.5 Å². The molecule has 0 unspecified atom stereocenters. The van der Waals surface area contributed by atoms with E-state index in [2.05, 4.69) is 0 Å². The molecule has 0 aromatic heterocycles. The molecule has 1 aromatic rings. The van der Waals surface area contributed by atoms with Gasteiger partial charge in [0.2, 0.25) is 0 Å². The van der Waals surface area contributed by atoms with Crippen molar-refractivity contribution in [2.24, 2.45) is 0 Å². The predicted octanol–water partition coefficient (Wildman–Crippen LogP) is 2.89. The topological polar surface area (TPSA) is 52.0 Å². The number of benzene rings is 1. The summed E-state index contributed by atoms with van der Waals surface area (Å²) in [7, 11) is 0. The molecule has 1 aliphatic rings. The van der Waals surface area contributed by atoms with Crippen molar-refractivity contribution < 1.29 is 4.39 Å². The predicted molar refractivity (Wildman–Crippen MR) is 58.5 cm³/mol. The fourth-order valence-electron chi connectivity index (χ4n) is 1.37. The van der Waals surface area contributed by atoms with Gasteiger partial charge in [-0.1, -0.05) is 13.8 Å². The van der Waals surface area contributed by atoms with E-state index < -0.39 is 0 Å². The lowest BCUT2D eigenvalue weighted by Gasteiger charge is -2.05. The van der Waals surface area contributed by atoms with E-state index >= 15 is 0 Å². The highest BCUT2D eigenvalue weighted by Gasteiger charge is 2.26. The Morgan fingerprint density at radius 1 is 1.14 bits per heavy atom. The van der Waals surface area contributed by atoms with Crippen LogP contribution in [0.3, 0.4) is 0 Å². The molecule has 78 valence electrons. The first-order valence-corrected chi connectivity index (χ1v) is 5.03. The second-order valence-electron chi connectivity index (χ2n) is 3.28. The van der Waals surface area contributed by atoms with Gasteiger partial charge < -0.3 is 11.5 Å². The summed E-state index contributed by atoms with van der Waals surface area (Å²) in [5.41, 5.74) is 12.7. The number of halogens is 1. The van der Waals surface area contributed by atoms with E-state index in [0.717, 1.165) is 18.4 Å². The second kappa shape index (κ2) is 4.31. The van der Waals surface area contributed by atoms with Gasteiger partial charge in [-0.05, 0) is 36.5 Å². The number of hydrogen-bond donors (Lipinski definition) is 2. The van der Waals surface area contributed by atoms with Crippen LogP contribution in [0, 0.1) is 5.82 Å². The van der Waals surface area contributed by atoms with E-state index in [9.17, 15) is 4.39 Å². The van der Waals surface area contributed by atoms with Crippen LogP contribution >= 0.6 is 0 Å². The Kier molecular flexibility index (Phi) is 3.33. The van der Waals surface area contributed by atoms with Crippen LogP contribution in [0.1, 0.15) is 38.2 Å². The van der Waals surface area contributed by atoms with Gasteiger partial charge in [-0.15, -0.1) is 0 Å². The van der Waals surface area contributed by atoms with E-state index in [0.29, 0.717) is 11.6 Å². The minimum Gasteiger partial charge on any atom is -0.398 e. The van der Waals surface area contributed by atoms with Gasteiger partial charge in [0.25, 0.3) is 0 Å². The maximum absolute atomic E-state index is 13.0. The van der Waals surface area contributed by atoms with Gasteiger partial charge >= 0.3 is 0 Å². The Labute approximate surface area is 84.1 Å². The number of nitrogen functional groups attached to an aromatic ring is 2. The minimum atomic E-state index is -0.355. The molecule has 0 atom stereocenters. The summed E-state index contributed by atoms with van der Waals surface area (Å²) in [6, 6.07) is 2.96. The molecule has 1 aromatic carbocycles. The third kappa shape index (κ3) is 2.16. The third-order valence-electron chi connectivity index (χ3n) is 2.22. The Hall–Kier alpha value is -1.25. The zero-order valence-corrected chi connectivity index (χ0v) is 8.68. The molecule has 3 heteroatoms. The molecular formula is C11H17FN2. The average molecular weight is 196 g/mol. The largest absolute Gasteiger partial charge is 0.398 e. The quantitative estimate of drug-likeness (QED) is 0.678. The van der Waals surface area contributed by atoms with Crippen LogP contribution < -0.4 is 11.5 Å². The molecular weight excluding hydrogens is 179 g/mol. The summed E-state index contributed by atoms with van der Waals surface area (Å²) in [6.07, 6.45) is 2.24. The van der Waals surface area contributed by atoms with Crippen LogP contribution in [0.4, 0.5) is 15.8 Å². The van der Waals surface area contributed by atoms with Crippen molar-refractivity contribution in [2.75, 3.05) is 11.5 Å². The third-order valence-corrected chi connectivity index (χ3v) is 2.22. The Balaban J connectivity index is 0.000000461. The number of rotatable bonds is 1. The average Bonchev–Trinajstić information content (AvgIpc) is 2.98. The Morgan fingerprint density at radius 3 is 2.21 bits per heavy atom. The summed E-state index contributed by atoms with van der Waals surface area (Å²) in [6.45, 7) is 4.00. The Morgan fingerprint density at radius 2 is 1.71 bits per heavy atom. The summed E-state index contributed by atoms with van der Waals surface area (Å²) >= 11 is 0. The van der Waals surface area contributed by atoms with Gasteiger partial charge in [0, 0.05) is 5.69 Å². The molecule has 2 nitrogen and oxygen atoms in total. The SMILES string of the molecule is CC.Nc1cc(N)c(C2CC2)cc1F. The molecule has 0 bridgehead atoms. The van der Waals surface area contributed by atoms with Gasteiger partial charge in [-0.3, -0.25) is 0 Å².